The first-order valence-corrected chi connectivity index (χ1v) is 8.35. The van der Waals surface area contributed by atoms with Gasteiger partial charge >= 0.3 is 0 Å². The number of hydrogen-bond acceptors (Lipinski definition) is 8. The number of aromatic nitrogens is 4. The summed E-state index contributed by atoms with van der Waals surface area (Å²) in [6, 6.07) is 1.95. The SMILES string of the molecule is CCCNc1cc(Sc2nncs2)nc(SC)n1. The van der Waals surface area contributed by atoms with Crippen LogP contribution in [-0.4, -0.2) is 33.0 Å². The lowest BCUT2D eigenvalue weighted by molar-refractivity contribution is 0.877. The van der Waals surface area contributed by atoms with Crippen LogP contribution in [0.2, 0.25) is 0 Å². The summed E-state index contributed by atoms with van der Waals surface area (Å²) in [7, 11) is 0. The fourth-order valence-electron chi connectivity index (χ4n) is 1.19. The third-order valence-corrected chi connectivity index (χ3v) is 4.20. The Kier molecular flexibility index (Phi) is 5.21. The second kappa shape index (κ2) is 6.91. The molecule has 0 unspecified atom stereocenters. The molecule has 0 aliphatic heterocycles. The molecule has 96 valence electrons. The lowest BCUT2D eigenvalue weighted by atomic mass is 10.4. The Bertz CT molecular complexity index is 488. The molecule has 0 saturated heterocycles. The number of nitrogens with one attached hydrogen (secondary N) is 1. The molecule has 0 bridgehead atoms. The van der Waals surface area contributed by atoms with Crippen molar-refractivity contribution in [1.82, 2.24) is 20.2 Å². The smallest absolute Gasteiger partial charge is 0.190 e. The Balaban J connectivity index is 2.17. The van der Waals surface area contributed by atoms with E-state index in [0.29, 0.717) is 0 Å². The maximum atomic E-state index is 4.45. The Morgan fingerprint density at radius 2 is 2.28 bits per heavy atom. The van der Waals surface area contributed by atoms with Gasteiger partial charge in [-0.3, -0.25) is 0 Å². The summed E-state index contributed by atoms with van der Waals surface area (Å²) in [6.07, 6.45) is 3.04. The van der Waals surface area contributed by atoms with Crippen LogP contribution in [0.1, 0.15) is 13.3 Å². The highest BCUT2D eigenvalue weighted by atomic mass is 32.2. The van der Waals surface area contributed by atoms with Crippen molar-refractivity contribution in [1.29, 1.82) is 0 Å². The summed E-state index contributed by atoms with van der Waals surface area (Å²) < 4.78 is 0.891. The van der Waals surface area contributed by atoms with Crippen LogP contribution in [0.5, 0.6) is 0 Å². The van der Waals surface area contributed by atoms with Crippen LogP contribution < -0.4 is 5.32 Å². The molecule has 0 aliphatic rings. The molecule has 0 atom stereocenters. The molecule has 5 nitrogen and oxygen atoms in total. The van der Waals surface area contributed by atoms with E-state index >= 15 is 0 Å². The van der Waals surface area contributed by atoms with E-state index < -0.39 is 0 Å². The highest BCUT2D eigenvalue weighted by molar-refractivity contribution is 8.01. The summed E-state index contributed by atoms with van der Waals surface area (Å²) in [6.45, 7) is 3.04. The standard InChI is InChI=1S/C10H13N5S3/c1-3-4-11-7-5-8(14-9(13-7)16-2)18-10-15-12-6-17-10/h5-6H,3-4H2,1-2H3,(H,11,13,14). The van der Waals surface area contributed by atoms with E-state index in [0.717, 1.165) is 33.3 Å². The van der Waals surface area contributed by atoms with Gasteiger partial charge in [0.2, 0.25) is 0 Å². The maximum absolute atomic E-state index is 4.45. The summed E-state index contributed by atoms with van der Waals surface area (Å²) in [5, 5.41) is 12.8. The molecule has 0 aliphatic carbocycles. The second-order valence-corrected chi connectivity index (χ2v) is 6.19. The molecule has 1 N–H and O–H groups in total. The van der Waals surface area contributed by atoms with Gasteiger partial charge in [-0.25, -0.2) is 9.97 Å². The minimum atomic E-state index is 0.767. The van der Waals surface area contributed by atoms with Gasteiger partial charge in [0.25, 0.3) is 0 Å². The first-order valence-electron chi connectivity index (χ1n) is 5.42. The molecule has 2 aromatic rings. The third-order valence-electron chi connectivity index (χ3n) is 1.95. The zero-order valence-corrected chi connectivity index (χ0v) is 12.5. The van der Waals surface area contributed by atoms with Gasteiger partial charge in [0.15, 0.2) is 9.50 Å². The molecule has 0 aromatic carbocycles. The van der Waals surface area contributed by atoms with Crippen LogP contribution in [0.3, 0.4) is 0 Å². The predicted octanol–water partition coefficient (Wildman–Crippen LogP) is 3.02. The number of rotatable bonds is 6. The number of hydrogen-bond donors (Lipinski definition) is 1. The number of nitrogens with zero attached hydrogens (tertiary/aromatic N) is 4. The van der Waals surface area contributed by atoms with E-state index in [1.807, 2.05) is 12.3 Å². The lowest BCUT2D eigenvalue weighted by Crippen LogP contribution is -2.03. The molecule has 2 aromatic heterocycles. The number of thioether (sulfide) groups is 1. The maximum Gasteiger partial charge on any atom is 0.190 e. The van der Waals surface area contributed by atoms with Crippen molar-refractivity contribution in [3.63, 3.8) is 0 Å². The monoisotopic (exact) mass is 299 g/mol. The molecule has 2 rings (SSSR count). The van der Waals surface area contributed by atoms with E-state index in [1.165, 1.54) is 34.9 Å². The first kappa shape index (κ1) is 13.6. The van der Waals surface area contributed by atoms with Gasteiger partial charge in [0, 0.05) is 12.6 Å². The van der Waals surface area contributed by atoms with Gasteiger partial charge < -0.3 is 5.32 Å². The van der Waals surface area contributed by atoms with Crippen LogP contribution in [-0.2, 0) is 0 Å². The average molecular weight is 299 g/mol. The largest absolute Gasteiger partial charge is 0.370 e. The minimum absolute atomic E-state index is 0.767. The molecular weight excluding hydrogens is 286 g/mol. The molecule has 0 radical (unpaired) electrons. The summed E-state index contributed by atoms with van der Waals surface area (Å²) >= 11 is 4.55. The van der Waals surface area contributed by atoms with Crippen molar-refractivity contribution in [2.45, 2.75) is 27.9 Å². The van der Waals surface area contributed by atoms with Crippen LogP contribution >= 0.6 is 34.9 Å². The quantitative estimate of drug-likeness (QED) is 0.499. The van der Waals surface area contributed by atoms with Crippen molar-refractivity contribution in [3.05, 3.63) is 11.6 Å². The Hall–Kier alpha value is -0.860. The van der Waals surface area contributed by atoms with E-state index in [-0.39, 0.29) is 0 Å². The zero-order valence-electron chi connectivity index (χ0n) is 10.1. The zero-order chi connectivity index (χ0) is 12.8. The predicted molar refractivity (Wildman–Crippen MR) is 76.6 cm³/mol. The van der Waals surface area contributed by atoms with Crippen molar-refractivity contribution in [2.24, 2.45) is 0 Å². The topological polar surface area (TPSA) is 63.6 Å². The van der Waals surface area contributed by atoms with Crippen molar-refractivity contribution < 1.29 is 0 Å². The van der Waals surface area contributed by atoms with Crippen LogP contribution in [0.4, 0.5) is 5.82 Å². The van der Waals surface area contributed by atoms with E-state index in [9.17, 15) is 0 Å². The van der Waals surface area contributed by atoms with E-state index in [2.05, 4.69) is 32.4 Å². The van der Waals surface area contributed by atoms with Crippen molar-refractivity contribution in [2.75, 3.05) is 18.1 Å². The van der Waals surface area contributed by atoms with Gasteiger partial charge in [0.1, 0.15) is 16.4 Å². The van der Waals surface area contributed by atoms with Crippen LogP contribution in [0.25, 0.3) is 0 Å². The first-order chi connectivity index (χ1) is 8.81. The molecule has 18 heavy (non-hydrogen) atoms. The van der Waals surface area contributed by atoms with Gasteiger partial charge in [-0.05, 0) is 24.4 Å². The highest BCUT2D eigenvalue weighted by Crippen LogP contribution is 2.29. The molecule has 0 saturated carbocycles. The average Bonchev–Trinajstić information content (AvgIpc) is 2.89. The van der Waals surface area contributed by atoms with Gasteiger partial charge in [-0.15, -0.1) is 10.2 Å². The normalized spacial score (nSPS) is 10.6. The Morgan fingerprint density at radius 3 is 2.94 bits per heavy atom. The van der Waals surface area contributed by atoms with Crippen LogP contribution in [0.15, 0.2) is 26.1 Å². The molecule has 2 heterocycles. The van der Waals surface area contributed by atoms with E-state index in [4.69, 9.17) is 0 Å². The van der Waals surface area contributed by atoms with Crippen molar-refractivity contribution in [3.8, 4) is 0 Å². The lowest BCUT2D eigenvalue weighted by Gasteiger charge is -2.06. The summed E-state index contributed by atoms with van der Waals surface area (Å²) in [4.78, 5) is 8.86. The third kappa shape index (κ3) is 3.82. The molecule has 0 spiro atoms. The van der Waals surface area contributed by atoms with E-state index in [1.54, 1.807) is 5.51 Å². The number of anilines is 1. The molecule has 0 fully saturated rings. The Labute approximate surface area is 118 Å². The second-order valence-electron chi connectivity index (χ2n) is 3.31. The molecule has 0 amide bonds. The summed E-state index contributed by atoms with van der Waals surface area (Å²) in [5.41, 5.74) is 1.72. The molecule has 8 heteroatoms. The van der Waals surface area contributed by atoms with Crippen molar-refractivity contribution >= 4 is 40.7 Å². The molecular formula is C10H13N5S3. The highest BCUT2D eigenvalue weighted by Gasteiger charge is 2.07. The summed E-state index contributed by atoms with van der Waals surface area (Å²) in [5.74, 6) is 0.864. The minimum Gasteiger partial charge on any atom is -0.370 e. The van der Waals surface area contributed by atoms with Crippen LogP contribution in [0, 0.1) is 0 Å². The van der Waals surface area contributed by atoms with Gasteiger partial charge in [-0.2, -0.15) is 0 Å². The van der Waals surface area contributed by atoms with Gasteiger partial charge in [0.05, 0.1) is 0 Å². The van der Waals surface area contributed by atoms with Gasteiger partial charge in [-0.1, -0.05) is 30.0 Å². The fraction of sp³-hybridized carbons (Fsp3) is 0.400. The Morgan fingerprint density at radius 1 is 1.39 bits per heavy atom. The fourth-order valence-corrected chi connectivity index (χ4v) is 3.05.